The molecule has 2 aromatic rings. The minimum atomic E-state index is -0.816. The van der Waals surface area contributed by atoms with Crippen molar-refractivity contribution >= 4 is 5.97 Å². The van der Waals surface area contributed by atoms with Crippen LogP contribution < -0.4 is 9.47 Å². The first-order valence-electron chi connectivity index (χ1n) is 12.7. The van der Waals surface area contributed by atoms with Crippen molar-refractivity contribution in [2.45, 2.75) is 57.3 Å². The van der Waals surface area contributed by atoms with Gasteiger partial charge in [0.25, 0.3) is 0 Å². The molecule has 1 fully saturated rings. The van der Waals surface area contributed by atoms with E-state index >= 15 is 0 Å². The Morgan fingerprint density at radius 3 is 2.74 bits per heavy atom. The Morgan fingerprint density at radius 1 is 1.11 bits per heavy atom. The predicted octanol–water partition coefficient (Wildman–Crippen LogP) is 5.44. The Hall–Kier alpha value is -2.67. The third-order valence-electron chi connectivity index (χ3n) is 7.13. The number of ether oxygens (including phenoxy) is 3. The number of rotatable bonds is 11. The van der Waals surface area contributed by atoms with Crippen molar-refractivity contribution < 1.29 is 27.8 Å². The van der Waals surface area contributed by atoms with Crippen molar-refractivity contribution in [2.24, 2.45) is 0 Å². The summed E-state index contributed by atoms with van der Waals surface area (Å²) in [5, 5.41) is 0. The van der Waals surface area contributed by atoms with Crippen LogP contribution in [0, 0.1) is 11.6 Å². The fourth-order valence-corrected chi connectivity index (χ4v) is 4.91. The molecule has 35 heavy (non-hydrogen) atoms. The molecule has 0 atom stereocenters. The second-order valence-electron chi connectivity index (χ2n) is 9.56. The molecule has 2 aromatic carbocycles. The van der Waals surface area contributed by atoms with Crippen molar-refractivity contribution in [3.05, 3.63) is 59.2 Å². The zero-order valence-corrected chi connectivity index (χ0v) is 20.5. The molecule has 0 saturated carbocycles. The van der Waals surface area contributed by atoms with Gasteiger partial charge in [-0.25, -0.2) is 8.78 Å². The number of aryl methyl sites for hydroxylation is 1. The molecular weight excluding hydrogens is 452 g/mol. The Bertz CT molecular complexity index is 1000. The van der Waals surface area contributed by atoms with Crippen molar-refractivity contribution in [3.63, 3.8) is 0 Å². The fraction of sp³-hybridized carbons (Fsp3) is 0.536. The minimum absolute atomic E-state index is 0.0148. The summed E-state index contributed by atoms with van der Waals surface area (Å²) in [4.78, 5) is 14.2. The number of carbonyl (C=O) groups excluding carboxylic acids is 1. The van der Waals surface area contributed by atoms with Gasteiger partial charge in [0.05, 0.1) is 26.2 Å². The minimum Gasteiger partial charge on any atom is -0.493 e. The Labute approximate surface area is 206 Å². The molecule has 4 rings (SSSR count). The van der Waals surface area contributed by atoms with Crippen molar-refractivity contribution in [2.75, 3.05) is 39.5 Å². The Morgan fingerprint density at radius 2 is 1.94 bits per heavy atom. The molecule has 5 nitrogen and oxygen atoms in total. The van der Waals surface area contributed by atoms with Gasteiger partial charge in [-0.2, -0.15) is 0 Å². The standard InChI is InChI=1S/C28H35F2NO4/c1-2-3-17-34-26(32)11-14-31-15-12-28(13-16-31)20-35-25-19-22(9-10-23(25)28)33-18-5-7-21-6-4-8-24(29)27(21)30/h4,6,8-10,19H,2-3,5,7,11-18,20H2,1H3. The van der Waals surface area contributed by atoms with Crippen LogP contribution in [0.5, 0.6) is 11.5 Å². The van der Waals surface area contributed by atoms with E-state index in [2.05, 4.69) is 17.9 Å². The van der Waals surface area contributed by atoms with Gasteiger partial charge >= 0.3 is 5.97 Å². The summed E-state index contributed by atoms with van der Waals surface area (Å²) in [6.07, 6.45) is 5.37. The van der Waals surface area contributed by atoms with Crippen LogP contribution in [0.2, 0.25) is 0 Å². The molecule has 0 aliphatic carbocycles. The lowest BCUT2D eigenvalue weighted by Gasteiger charge is -2.38. The van der Waals surface area contributed by atoms with Crippen molar-refractivity contribution in [1.29, 1.82) is 0 Å². The van der Waals surface area contributed by atoms with Gasteiger partial charge in [-0.05, 0) is 62.9 Å². The van der Waals surface area contributed by atoms with Crippen LogP contribution >= 0.6 is 0 Å². The number of halogens is 2. The second-order valence-corrected chi connectivity index (χ2v) is 9.56. The zero-order valence-electron chi connectivity index (χ0n) is 20.5. The summed E-state index contributed by atoms with van der Waals surface area (Å²) in [5.74, 6) is -0.112. The number of hydrogen-bond acceptors (Lipinski definition) is 5. The van der Waals surface area contributed by atoms with Crippen LogP contribution in [-0.2, 0) is 21.4 Å². The van der Waals surface area contributed by atoms with E-state index in [4.69, 9.17) is 14.2 Å². The van der Waals surface area contributed by atoms with Gasteiger partial charge < -0.3 is 19.1 Å². The van der Waals surface area contributed by atoms with Gasteiger partial charge in [0.1, 0.15) is 11.5 Å². The van der Waals surface area contributed by atoms with E-state index in [1.165, 1.54) is 11.6 Å². The second kappa shape index (κ2) is 11.8. The highest BCUT2D eigenvalue weighted by atomic mass is 19.2. The third kappa shape index (κ3) is 6.31. The molecule has 0 radical (unpaired) electrons. The average molecular weight is 488 g/mol. The smallest absolute Gasteiger partial charge is 0.307 e. The number of benzene rings is 2. The summed E-state index contributed by atoms with van der Waals surface area (Å²) in [6, 6.07) is 10.3. The lowest BCUT2D eigenvalue weighted by molar-refractivity contribution is -0.144. The summed E-state index contributed by atoms with van der Waals surface area (Å²) in [7, 11) is 0. The van der Waals surface area contributed by atoms with E-state index in [9.17, 15) is 13.6 Å². The molecule has 1 saturated heterocycles. The van der Waals surface area contributed by atoms with Gasteiger partial charge in [-0.1, -0.05) is 31.5 Å². The first-order valence-corrected chi connectivity index (χ1v) is 12.7. The van der Waals surface area contributed by atoms with E-state index in [0.29, 0.717) is 44.6 Å². The van der Waals surface area contributed by atoms with Crippen LogP contribution in [0.15, 0.2) is 36.4 Å². The average Bonchev–Trinajstić information content (AvgIpc) is 3.21. The molecule has 0 N–H and O–H groups in total. The van der Waals surface area contributed by atoms with E-state index in [0.717, 1.165) is 62.9 Å². The normalized spacial score (nSPS) is 16.7. The molecule has 0 amide bonds. The summed E-state index contributed by atoms with van der Waals surface area (Å²) >= 11 is 0. The number of esters is 1. The molecule has 2 heterocycles. The van der Waals surface area contributed by atoms with Crippen LogP contribution in [0.4, 0.5) is 8.78 Å². The number of carbonyl (C=O) groups is 1. The molecule has 1 spiro atoms. The van der Waals surface area contributed by atoms with Gasteiger partial charge in [0, 0.05) is 23.6 Å². The zero-order chi connectivity index (χ0) is 24.7. The number of piperidine rings is 1. The summed E-state index contributed by atoms with van der Waals surface area (Å²) < 4.78 is 44.3. The molecule has 0 unspecified atom stereocenters. The molecular formula is C28H35F2NO4. The van der Waals surface area contributed by atoms with Crippen LogP contribution in [0.1, 0.15) is 56.6 Å². The first kappa shape index (κ1) is 25.4. The largest absolute Gasteiger partial charge is 0.493 e. The van der Waals surface area contributed by atoms with Crippen molar-refractivity contribution in [1.82, 2.24) is 4.90 Å². The highest BCUT2D eigenvalue weighted by Gasteiger charge is 2.43. The maximum atomic E-state index is 13.8. The van der Waals surface area contributed by atoms with Gasteiger partial charge in [0.15, 0.2) is 11.6 Å². The molecule has 2 aliphatic heterocycles. The Balaban J connectivity index is 1.23. The predicted molar refractivity (Wildman–Crippen MR) is 130 cm³/mol. The summed E-state index contributed by atoms with van der Waals surface area (Å²) in [5.41, 5.74) is 1.61. The van der Waals surface area contributed by atoms with Gasteiger partial charge in [-0.15, -0.1) is 0 Å². The number of nitrogens with zero attached hydrogens (tertiary/aromatic N) is 1. The monoisotopic (exact) mass is 487 g/mol. The van der Waals surface area contributed by atoms with E-state index in [1.807, 2.05) is 12.1 Å². The molecule has 7 heteroatoms. The maximum Gasteiger partial charge on any atom is 0.307 e. The molecule has 0 bridgehead atoms. The highest BCUT2D eigenvalue weighted by molar-refractivity contribution is 5.69. The number of fused-ring (bicyclic) bond motifs is 2. The SMILES string of the molecule is CCCCOC(=O)CCN1CCC2(CC1)COc1cc(OCCCc3cccc(F)c3F)ccc12. The molecule has 2 aliphatic rings. The van der Waals surface area contributed by atoms with E-state index in [1.54, 1.807) is 6.07 Å². The van der Waals surface area contributed by atoms with Gasteiger partial charge in [0.2, 0.25) is 0 Å². The Kier molecular flexibility index (Phi) is 8.60. The van der Waals surface area contributed by atoms with Crippen molar-refractivity contribution in [3.8, 4) is 11.5 Å². The quantitative estimate of drug-likeness (QED) is 0.312. The van der Waals surface area contributed by atoms with E-state index in [-0.39, 0.29) is 11.4 Å². The van der Waals surface area contributed by atoms with Crippen LogP contribution in [0.3, 0.4) is 0 Å². The molecule has 190 valence electrons. The summed E-state index contributed by atoms with van der Waals surface area (Å²) in [6.45, 7) is 6.27. The van der Waals surface area contributed by atoms with Crippen LogP contribution in [0.25, 0.3) is 0 Å². The topological polar surface area (TPSA) is 48.0 Å². The number of unbranched alkanes of at least 4 members (excludes halogenated alkanes) is 1. The fourth-order valence-electron chi connectivity index (χ4n) is 4.91. The first-order chi connectivity index (χ1) is 17.0. The lowest BCUT2D eigenvalue weighted by atomic mass is 9.74. The maximum absolute atomic E-state index is 13.8. The third-order valence-corrected chi connectivity index (χ3v) is 7.13. The highest BCUT2D eigenvalue weighted by Crippen LogP contribution is 2.46. The molecule has 0 aromatic heterocycles. The number of likely N-dealkylation sites (tertiary alicyclic amines) is 1. The lowest BCUT2D eigenvalue weighted by Crippen LogP contribution is -2.44. The van der Waals surface area contributed by atoms with Gasteiger partial charge in [-0.3, -0.25) is 4.79 Å². The number of hydrogen-bond donors (Lipinski definition) is 0. The van der Waals surface area contributed by atoms with Crippen LogP contribution in [-0.4, -0.2) is 50.3 Å². The van der Waals surface area contributed by atoms with E-state index < -0.39 is 11.6 Å².